The molecular weight excluding hydrogens is 326 g/mol. The number of hydrogen-bond acceptors (Lipinski definition) is 3. The minimum atomic E-state index is 0.318. The second-order valence-corrected chi connectivity index (χ2v) is 7.04. The maximum Gasteiger partial charge on any atom is 0.0590 e. The van der Waals surface area contributed by atoms with E-state index in [1.807, 2.05) is 11.8 Å². The predicted octanol–water partition coefficient (Wildman–Crippen LogP) is 5.80. The van der Waals surface area contributed by atoms with E-state index in [1.54, 1.807) is 11.3 Å². The lowest BCUT2D eigenvalue weighted by molar-refractivity contribution is 0.897. The van der Waals surface area contributed by atoms with Crippen LogP contribution in [0.3, 0.4) is 0 Å². The summed E-state index contributed by atoms with van der Waals surface area (Å²) in [5.74, 6) is 1.09. The molecule has 2 aromatic rings. The zero-order valence-corrected chi connectivity index (χ0v) is 13.7. The Labute approximate surface area is 125 Å². The molecule has 0 spiro atoms. The van der Waals surface area contributed by atoms with Crippen LogP contribution in [-0.2, 0) is 0 Å². The number of thioether (sulfide) groups is 1. The first-order valence-corrected chi connectivity index (χ1v) is 8.59. The summed E-state index contributed by atoms with van der Waals surface area (Å²) in [7, 11) is 0. The van der Waals surface area contributed by atoms with Gasteiger partial charge in [-0.25, -0.2) is 0 Å². The van der Waals surface area contributed by atoms with E-state index in [9.17, 15) is 0 Å². The summed E-state index contributed by atoms with van der Waals surface area (Å²) in [6.07, 6.45) is 0. The van der Waals surface area contributed by atoms with E-state index in [2.05, 4.69) is 70.8 Å². The van der Waals surface area contributed by atoms with Crippen LogP contribution in [0.4, 0.5) is 5.69 Å². The molecule has 18 heavy (non-hydrogen) atoms. The van der Waals surface area contributed by atoms with E-state index >= 15 is 0 Å². The van der Waals surface area contributed by atoms with Crippen molar-refractivity contribution in [2.24, 2.45) is 0 Å². The van der Waals surface area contributed by atoms with Crippen LogP contribution in [0.1, 0.15) is 24.8 Å². The third-order valence-electron chi connectivity index (χ3n) is 2.60. The van der Waals surface area contributed by atoms with E-state index in [1.165, 1.54) is 19.9 Å². The molecule has 2 rings (SSSR count). The van der Waals surface area contributed by atoms with Crippen molar-refractivity contribution >= 4 is 44.7 Å². The normalized spacial score (nSPS) is 12.4. The average molecular weight is 342 g/mol. The van der Waals surface area contributed by atoms with Crippen molar-refractivity contribution in [2.75, 3.05) is 11.1 Å². The molecule has 96 valence electrons. The topological polar surface area (TPSA) is 12.0 Å². The van der Waals surface area contributed by atoms with E-state index in [0.29, 0.717) is 6.04 Å². The van der Waals surface area contributed by atoms with Crippen molar-refractivity contribution in [2.45, 2.75) is 24.8 Å². The molecule has 1 N–H and O–H groups in total. The van der Waals surface area contributed by atoms with Crippen LogP contribution in [0, 0.1) is 0 Å². The van der Waals surface area contributed by atoms with Crippen molar-refractivity contribution in [1.29, 1.82) is 0 Å². The highest BCUT2D eigenvalue weighted by molar-refractivity contribution is 9.10. The van der Waals surface area contributed by atoms with Crippen LogP contribution in [0.25, 0.3) is 0 Å². The molecule has 0 fully saturated rings. The Morgan fingerprint density at radius 2 is 2.11 bits per heavy atom. The van der Waals surface area contributed by atoms with Gasteiger partial charge in [-0.2, -0.15) is 0 Å². The molecule has 1 aromatic heterocycles. The number of thiophene rings is 1. The lowest BCUT2D eigenvalue weighted by Crippen LogP contribution is -2.06. The number of anilines is 1. The van der Waals surface area contributed by atoms with Crippen LogP contribution in [0.15, 0.2) is 45.1 Å². The van der Waals surface area contributed by atoms with Gasteiger partial charge in [-0.1, -0.05) is 19.1 Å². The third-order valence-corrected chi connectivity index (χ3v) is 5.61. The highest BCUT2D eigenvalue weighted by Crippen LogP contribution is 2.34. The standard InChI is InChI=1S/C14H16BrNS2/c1-3-17-13-7-5-4-6-12(13)16-10(2)14-11(15)8-9-18-14/h4-10,16H,3H2,1-2H3. The second-order valence-electron chi connectivity index (χ2n) is 3.93. The van der Waals surface area contributed by atoms with Gasteiger partial charge < -0.3 is 5.32 Å². The van der Waals surface area contributed by atoms with Gasteiger partial charge in [-0.3, -0.25) is 0 Å². The highest BCUT2D eigenvalue weighted by atomic mass is 79.9. The predicted molar refractivity (Wildman–Crippen MR) is 86.9 cm³/mol. The minimum absolute atomic E-state index is 0.318. The first-order valence-electron chi connectivity index (χ1n) is 5.93. The van der Waals surface area contributed by atoms with Crippen LogP contribution in [0.5, 0.6) is 0 Å². The molecule has 0 aliphatic carbocycles. The van der Waals surface area contributed by atoms with Gasteiger partial charge in [0, 0.05) is 19.9 Å². The molecule has 0 aliphatic rings. The van der Waals surface area contributed by atoms with Crippen LogP contribution in [-0.4, -0.2) is 5.75 Å². The van der Waals surface area contributed by atoms with E-state index in [4.69, 9.17) is 0 Å². The monoisotopic (exact) mass is 341 g/mol. The fourth-order valence-electron chi connectivity index (χ4n) is 1.78. The summed E-state index contributed by atoms with van der Waals surface area (Å²) in [6, 6.07) is 10.9. The molecule has 0 amide bonds. The van der Waals surface area contributed by atoms with E-state index < -0.39 is 0 Å². The summed E-state index contributed by atoms with van der Waals surface area (Å²) in [5.41, 5.74) is 1.22. The van der Waals surface area contributed by atoms with Crippen LogP contribution in [0.2, 0.25) is 0 Å². The fraction of sp³-hybridized carbons (Fsp3) is 0.286. The van der Waals surface area contributed by atoms with Crippen molar-refractivity contribution in [3.8, 4) is 0 Å². The fourth-order valence-corrected chi connectivity index (χ4v) is 4.27. The van der Waals surface area contributed by atoms with Gasteiger partial charge >= 0.3 is 0 Å². The first kappa shape index (κ1) is 14.0. The zero-order chi connectivity index (χ0) is 13.0. The Balaban J connectivity index is 2.16. The molecule has 0 aliphatic heterocycles. The van der Waals surface area contributed by atoms with Gasteiger partial charge in [0.15, 0.2) is 0 Å². The molecular formula is C14H16BrNS2. The lowest BCUT2D eigenvalue weighted by Gasteiger charge is -2.17. The Kier molecular flexibility index (Phi) is 5.15. The summed E-state index contributed by atoms with van der Waals surface area (Å²) >= 11 is 7.25. The molecule has 1 nitrogen and oxygen atoms in total. The SMILES string of the molecule is CCSc1ccccc1NC(C)c1sccc1Br. The van der Waals surface area contributed by atoms with Gasteiger partial charge in [0.05, 0.1) is 6.04 Å². The number of benzene rings is 1. The molecule has 1 unspecified atom stereocenters. The van der Waals surface area contributed by atoms with Crippen molar-refractivity contribution in [1.82, 2.24) is 0 Å². The van der Waals surface area contributed by atoms with Crippen LogP contribution >= 0.6 is 39.0 Å². The average Bonchev–Trinajstić information content (AvgIpc) is 2.78. The number of halogens is 1. The van der Waals surface area contributed by atoms with Gasteiger partial charge in [-0.05, 0) is 52.2 Å². The maximum absolute atomic E-state index is 3.60. The number of nitrogens with one attached hydrogen (secondary N) is 1. The van der Waals surface area contributed by atoms with Crippen molar-refractivity contribution in [3.05, 3.63) is 45.1 Å². The number of hydrogen-bond donors (Lipinski definition) is 1. The second kappa shape index (κ2) is 6.64. The quantitative estimate of drug-likeness (QED) is 0.690. The number of rotatable bonds is 5. The molecule has 1 atom stereocenters. The van der Waals surface area contributed by atoms with E-state index in [0.717, 1.165) is 5.75 Å². The third kappa shape index (κ3) is 3.31. The Morgan fingerprint density at radius 3 is 2.78 bits per heavy atom. The van der Waals surface area contributed by atoms with Crippen molar-refractivity contribution < 1.29 is 0 Å². The first-order chi connectivity index (χ1) is 8.72. The Bertz CT molecular complexity index is 510. The van der Waals surface area contributed by atoms with Gasteiger partial charge in [-0.15, -0.1) is 23.1 Å². The molecule has 4 heteroatoms. The maximum atomic E-state index is 3.60. The van der Waals surface area contributed by atoms with E-state index in [-0.39, 0.29) is 0 Å². The minimum Gasteiger partial charge on any atom is -0.377 e. The lowest BCUT2D eigenvalue weighted by atomic mass is 10.2. The smallest absolute Gasteiger partial charge is 0.0590 e. The molecule has 0 bridgehead atoms. The Hall–Kier alpha value is -0.450. The largest absolute Gasteiger partial charge is 0.377 e. The van der Waals surface area contributed by atoms with Gasteiger partial charge in [0.2, 0.25) is 0 Å². The molecule has 1 aromatic carbocycles. The molecule has 0 radical (unpaired) electrons. The highest BCUT2D eigenvalue weighted by Gasteiger charge is 2.12. The Morgan fingerprint density at radius 1 is 1.33 bits per heavy atom. The summed E-state index contributed by atoms with van der Waals surface area (Å²) in [4.78, 5) is 2.66. The molecule has 0 saturated heterocycles. The molecule has 1 heterocycles. The zero-order valence-electron chi connectivity index (χ0n) is 10.4. The summed E-state index contributed by atoms with van der Waals surface area (Å²) in [6.45, 7) is 4.38. The molecule has 0 saturated carbocycles. The van der Waals surface area contributed by atoms with Gasteiger partial charge in [0.25, 0.3) is 0 Å². The van der Waals surface area contributed by atoms with Crippen LogP contribution < -0.4 is 5.32 Å². The van der Waals surface area contributed by atoms with Gasteiger partial charge in [0.1, 0.15) is 0 Å². The summed E-state index contributed by atoms with van der Waals surface area (Å²) in [5, 5.41) is 5.71. The van der Waals surface area contributed by atoms with Crippen molar-refractivity contribution in [3.63, 3.8) is 0 Å². The number of para-hydroxylation sites is 1. The summed E-state index contributed by atoms with van der Waals surface area (Å²) < 4.78 is 1.19.